The molecule has 1 atom stereocenters. The van der Waals surface area contributed by atoms with Crippen LogP contribution >= 0.6 is 0 Å². The average Bonchev–Trinajstić information content (AvgIpc) is 2.30. The Bertz CT molecular complexity index is 311. The van der Waals surface area contributed by atoms with Crippen molar-refractivity contribution in [2.45, 2.75) is 25.2 Å². The average molecular weight is 188 g/mol. The van der Waals surface area contributed by atoms with Crippen LogP contribution in [0.3, 0.4) is 0 Å². The van der Waals surface area contributed by atoms with Gasteiger partial charge in [0.05, 0.1) is 7.11 Å². The molecule has 0 amide bonds. The molecule has 0 spiro atoms. The lowest BCUT2D eigenvalue weighted by molar-refractivity contribution is 0.414. The summed E-state index contributed by atoms with van der Waals surface area (Å²) in [7, 11) is 1.71. The third-order valence-corrected chi connectivity index (χ3v) is 2.86. The maximum Gasteiger partial charge on any atom is 0.118 e. The maximum absolute atomic E-state index is 5.14. The lowest BCUT2D eigenvalue weighted by atomic mass is 9.88. The Morgan fingerprint density at radius 3 is 2.50 bits per heavy atom. The zero-order valence-electron chi connectivity index (χ0n) is 8.57. The van der Waals surface area contributed by atoms with Crippen LogP contribution in [0, 0.1) is 0 Å². The molecular weight excluding hydrogens is 172 g/mol. The fourth-order valence-electron chi connectivity index (χ4n) is 1.97. The highest BCUT2D eigenvalue weighted by Crippen LogP contribution is 2.29. The van der Waals surface area contributed by atoms with E-state index in [4.69, 9.17) is 4.74 Å². The molecule has 0 heterocycles. The molecule has 1 heteroatoms. The lowest BCUT2D eigenvalue weighted by Gasteiger charge is -2.18. The highest BCUT2D eigenvalue weighted by molar-refractivity contribution is 5.30. The first-order valence-electron chi connectivity index (χ1n) is 5.19. The first-order chi connectivity index (χ1) is 6.90. The number of allylic oxidation sites excluding steroid dienone is 2. The molecule has 74 valence electrons. The van der Waals surface area contributed by atoms with Gasteiger partial charge in [-0.1, -0.05) is 24.3 Å². The van der Waals surface area contributed by atoms with Crippen LogP contribution in [0.5, 0.6) is 5.75 Å². The summed E-state index contributed by atoms with van der Waals surface area (Å²) in [6, 6.07) is 8.46. The number of methoxy groups -OCH3 is 1. The maximum atomic E-state index is 5.14. The lowest BCUT2D eigenvalue weighted by Crippen LogP contribution is -2.00. The molecule has 0 radical (unpaired) electrons. The largest absolute Gasteiger partial charge is 0.497 e. The van der Waals surface area contributed by atoms with Gasteiger partial charge in [0, 0.05) is 0 Å². The van der Waals surface area contributed by atoms with Crippen LogP contribution in [0.2, 0.25) is 0 Å². The fraction of sp³-hybridized carbons (Fsp3) is 0.385. The fourth-order valence-corrected chi connectivity index (χ4v) is 1.97. The van der Waals surface area contributed by atoms with Crippen LogP contribution in [-0.2, 0) is 0 Å². The number of hydrogen-bond acceptors (Lipinski definition) is 1. The van der Waals surface area contributed by atoms with Crippen molar-refractivity contribution in [2.24, 2.45) is 0 Å². The van der Waals surface area contributed by atoms with Gasteiger partial charge in [-0.25, -0.2) is 0 Å². The van der Waals surface area contributed by atoms with Crippen molar-refractivity contribution in [1.29, 1.82) is 0 Å². The minimum absolute atomic E-state index is 0.714. The van der Waals surface area contributed by atoms with Gasteiger partial charge < -0.3 is 4.74 Å². The van der Waals surface area contributed by atoms with E-state index in [1.807, 2.05) is 12.1 Å². The van der Waals surface area contributed by atoms with E-state index in [1.165, 1.54) is 24.8 Å². The Morgan fingerprint density at radius 1 is 1.14 bits per heavy atom. The topological polar surface area (TPSA) is 9.23 Å². The first kappa shape index (κ1) is 9.32. The Kier molecular flexibility index (Phi) is 2.87. The van der Waals surface area contributed by atoms with Crippen molar-refractivity contribution in [1.82, 2.24) is 0 Å². The normalized spacial score (nSPS) is 20.8. The molecule has 0 fully saturated rings. The Hall–Kier alpha value is -1.24. The van der Waals surface area contributed by atoms with E-state index in [1.54, 1.807) is 7.11 Å². The molecule has 0 aliphatic heterocycles. The predicted molar refractivity (Wildman–Crippen MR) is 58.7 cm³/mol. The molecule has 2 rings (SSSR count). The molecule has 0 saturated heterocycles. The van der Waals surface area contributed by atoms with Crippen LogP contribution in [0.1, 0.15) is 30.7 Å². The van der Waals surface area contributed by atoms with Crippen LogP contribution in [0.4, 0.5) is 0 Å². The second kappa shape index (κ2) is 4.32. The minimum Gasteiger partial charge on any atom is -0.497 e. The molecule has 1 aromatic carbocycles. The van der Waals surface area contributed by atoms with E-state index in [9.17, 15) is 0 Å². The van der Waals surface area contributed by atoms with Crippen molar-refractivity contribution in [2.75, 3.05) is 7.11 Å². The Labute approximate surface area is 85.4 Å². The first-order valence-corrected chi connectivity index (χ1v) is 5.19. The van der Waals surface area contributed by atoms with Crippen LogP contribution < -0.4 is 4.74 Å². The summed E-state index contributed by atoms with van der Waals surface area (Å²) in [6.07, 6.45) is 8.25. The number of hydrogen-bond donors (Lipinski definition) is 0. The van der Waals surface area contributed by atoms with Crippen molar-refractivity contribution in [3.8, 4) is 5.75 Å². The molecule has 1 aliphatic carbocycles. The van der Waals surface area contributed by atoms with Gasteiger partial charge in [-0.05, 0) is 42.9 Å². The summed E-state index contributed by atoms with van der Waals surface area (Å²) in [5.41, 5.74) is 1.44. The second-order valence-electron chi connectivity index (χ2n) is 3.75. The van der Waals surface area contributed by atoms with Gasteiger partial charge in [0.15, 0.2) is 0 Å². The summed E-state index contributed by atoms with van der Waals surface area (Å²) >= 11 is 0. The number of rotatable bonds is 2. The van der Waals surface area contributed by atoms with E-state index >= 15 is 0 Å². The third-order valence-electron chi connectivity index (χ3n) is 2.86. The second-order valence-corrected chi connectivity index (χ2v) is 3.75. The van der Waals surface area contributed by atoms with Crippen LogP contribution in [-0.4, -0.2) is 7.11 Å². The molecule has 0 saturated carbocycles. The van der Waals surface area contributed by atoms with Crippen LogP contribution in [0.25, 0.3) is 0 Å². The quantitative estimate of drug-likeness (QED) is 0.645. The number of ether oxygens (including phenoxy) is 1. The highest BCUT2D eigenvalue weighted by Gasteiger charge is 2.11. The van der Waals surface area contributed by atoms with Gasteiger partial charge >= 0.3 is 0 Å². The summed E-state index contributed by atoms with van der Waals surface area (Å²) in [5.74, 6) is 1.66. The Balaban J connectivity index is 2.12. The molecule has 14 heavy (non-hydrogen) atoms. The zero-order valence-corrected chi connectivity index (χ0v) is 8.57. The highest BCUT2D eigenvalue weighted by atomic mass is 16.5. The van der Waals surface area contributed by atoms with Crippen molar-refractivity contribution < 1.29 is 4.74 Å². The summed E-state index contributed by atoms with van der Waals surface area (Å²) in [4.78, 5) is 0. The van der Waals surface area contributed by atoms with Crippen molar-refractivity contribution in [3.05, 3.63) is 42.0 Å². The predicted octanol–water partition coefficient (Wildman–Crippen LogP) is 3.52. The Morgan fingerprint density at radius 2 is 1.93 bits per heavy atom. The van der Waals surface area contributed by atoms with Crippen molar-refractivity contribution >= 4 is 0 Å². The molecule has 0 bridgehead atoms. The molecular formula is C13H16O. The molecule has 1 unspecified atom stereocenters. The van der Waals surface area contributed by atoms with Gasteiger partial charge in [0.25, 0.3) is 0 Å². The minimum atomic E-state index is 0.714. The van der Waals surface area contributed by atoms with Crippen LogP contribution in [0.15, 0.2) is 36.4 Å². The molecule has 0 aromatic heterocycles. The molecule has 1 nitrogen and oxygen atoms in total. The number of benzene rings is 1. The van der Waals surface area contributed by atoms with Crippen molar-refractivity contribution in [3.63, 3.8) is 0 Å². The van der Waals surface area contributed by atoms with E-state index in [0.29, 0.717) is 5.92 Å². The monoisotopic (exact) mass is 188 g/mol. The molecule has 0 N–H and O–H groups in total. The SMILES string of the molecule is COc1ccc(C2CC=CCC2)cc1. The van der Waals surface area contributed by atoms with Gasteiger partial charge in [-0.2, -0.15) is 0 Å². The summed E-state index contributed by atoms with van der Waals surface area (Å²) in [6.45, 7) is 0. The van der Waals surface area contributed by atoms with Gasteiger partial charge in [0.2, 0.25) is 0 Å². The molecule has 1 aromatic rings. The smallest absolute Gasteiger partial charge is 0.118 e. The molecule has 1 aliphatic rings. The van der Waals surface area contributed by atoms with E-state index < -0.39 is 0 Å². The van der Waals surface area contributed by atoms with E-state index in [-0.39, 0.29) is 0 Å². The standard InChI is InChI=1S/C13H16O/c1-14-13-9-7-12(8-10-13)11-5-3-2-4-6-11/h2-3,7-11H,4-6H2,1H3. The van der Waals surface area contributed by atoms with Gasteiger partial charge in [0.1, 0.15) is 5.75 Å². The van der Waals surface area contributed by atoms with E-state index in [2.05, 4.69) is 24.3 Å². The zero-order chi connectivity index (χ0) is 9.80. The van der Waals surface area contributed by atoms with E-state index in [0.717, 1.165) is 5.75 Å². The van der Waals surface area contributed by atoms with Gasteiger partial charge in [-0.3, -0.25) is 0 Å². The summed E-state index contributed by atoms with van der Waals surface area (Å²) < 4.78 is 5.14. The van der Waals surface area contributed by atoms with Gasteiger partial charge in [-0.15, -0.1) is 0 Å². The summed E-state index contributed by atoms with van der Waals surface area (Å²) in [5, 5.41) is 0. The third kappa shape index (κ3) is 1.98.